The van der Waals surface area contributed by atoms with E-state index in [4.69, 9.17) is 9.72 Å². The SMILES string of the molecule is CC[C@@H]1CN(C(=O)Cc2ccc(CN3CCN(CC)CC3)c(C(F)(F)F)c2)Cc2cc(Oc3ccnc4[nH]c(CO)cc34)cnc21. The van der Waals surface area contributed by atoms with Gasteiger partial charge in [0, 0.05) is 63.6 Å². The van der Waals surface area contributed by atoms with Crippen molar-refractivity contribution in [3.63, 3.8) is 0 Å². The molecule has 5 heterocycles. The number of H-pyrrole nitrogens is 1. The molecule has 0 bridgehead atoms. The summed E-state index contributed by atoms with van der Waals surface area (Å²) in [4.78, 5) is 31.6. The molecule has 9 nitrogen and oxygen atoms in total. The van der Waals surface area contributed by atoms with Gasteiger partial charge in [0.05, 0.1) is 35.9 Å². The van der Waals surface area contributed by atoms with Gasteiger partial charge in [-0.15, -0.1) is 0 Å². The number of aliphatic hydroxyl groups is 1. The van der Waals surface area contributed by atoms with Crippen LogP contribution >= 0.6 is 0 Å². The van der Waals surface area contributed by atoms with Crippen LogP contribution in [0, 0.1) is 0 Å². The first-order chi connectivity index (χ1) is 22.1. The van der Waals surface area contributed by atoms with Crippen LogP contribution in [0.25, 0.3) is 11.0 Å². The Labute approximate surface area is 266 Å². The van der Waals surface area contributed by atoms with E-state index in [9.17, 15) is 23.1 Å². The van der Waals surface area contributed by atoms with Crippen LogP contribution < -0.4 is 4.74 Å². The van der Waals surface area contributed by atoms with E-state index in [0.29, 0.717) is 34.9 Å². The van der Waals surface area contributed by atoms with Gasteiger partial charge in [0.1, 0.15) is 17.1 Å². The fraction of sp³-hybridized carbons (Fsp3) is 0.441. The third kappa shape index (κ3) is 6.89. The van der Waals surface area contributed by atoms with Crippen molar-refractivity contribution in [1.29, 1.82) is 0 Å². The molecule has 0 spiro atoms. The first-order valence-electron chi connectivity index (χ1n) is 15.8. The number of nitrogens with zero attached hydrogens (tertiary/aromatic N) is 5. The molecule has 3 aromatic heterocycles. The van der Waals surface area contributed by atoms with Crippen molar-refractivity contribution in [3.05, 3.63) is 82.4 Å². The Kier molecular flexibility index (Phi) is 9.30. The lowest BCUT2D eigenvalue weighted by Crippen LogP contribution is -2.45. The van der Waals surface area contributed by atoms with Crippen molar-refractivity contribution in [2.75, 3.05) is 39.3 Å². The summed E-state index contributed by atoms with van der Waals surface area (Å²) in [5.41, 5.74) is 2.86. The predicted octanol–water partition coefficient (Wildman–Crippen LogP) is 5.48. The topological polar surface area (TPSA) is 97.8 Å². The minimum absolute atomic E-state index is 0.00699. The first kappa shape index (κ1) is 32.0. The maximum absolute atomic E-state index is 14.2. The number of benzene rings is 1. The van der Waals surface area contributed by atoms with Gasteiger partial charge in [-0.1, -0.05) is 26.0 Å². The Hall–Kier alpha value is -4.00. The summed E-state index contributed by atoms with van der Waals surface area (Å²) in [6.07, 6.45) is -0.613. The number of ether oxygens (including phenoxy) is 1. The van der Waals surface area contributed by atoms with Gasteiger partial charge >= 0.3 is 6.18 Å². The van der Waals surface area contributed by atoms with E-state index < -0.39 is 11.7 Å². The number of aromatic amines is 1. The van der Waals surface area contributed by atoms with Crippen LogP contribution in [-0.2, 0) is 37.1 Å². The number of aliphatic hydroxyl groups excluding tert-OH is 1. The van der Waals surface area contributed by atoms with Crippen LogP contribution in [0.15, 0.2) is 48.8 Å². The number of rotatable bonds is 9. The summed E-state index contributed by atoms with van der Waals surface area (Å²) >= 11 is 0. The summed E-state index contributed by atoms with van der Waals surface area (Å²) in [6, 6.07) is 9.72. The Morgan fingerprint density at radius 3 is 2.57 bits per heavy atom. The molecule has 4 aromatic rings. The number of hydrogen-bond acceptors (Lipinski definition) is 7. The van der Waals surface area contributed by atoms with Gasteiger partial charge < -0.3 is 24.6 Å². The molecule has 1 aromatic carbocycles. The number of piperazine rings is 1. The van der Waals surface area contributed by atoms with Crippen LogP contribution in [0.2, 0.25) is 0 Å². The highest BCUT2D eigenvalue weighted by Gasteiger charge is 2.35. The zero-order valence-electron chi connectivity index (χ0n) is 26.1. The van der Waals surface area contributed by atoms with Gasteiger partial charge in [0.25, 0.3) is 0 Å². The van der Waals surface area contributed by atoms with E-state index in [1.807, 2.05) is 13.0 Å². The normalized spacial score (nSPS) is 17.8. The minimum Gasteiger partial charge on any atom is -0.455 e. The fourth-order valence-electron chi connectivity index (χ4n) is 6.47. The maximum atomic E-state index is 14.2. The minimum atomic E-state index is -4.51. The number of fused-ring (bicyclic) bond motifs is 2. The highest BCUT2D eigenvalue weighted by molar-refractivity contribution is 5.83. The molecular weight excluding hydrogens is 597 g/mol. The molecule has 6 rings (SSSR count). The second kappa shape index (κ2) is 13.4. The number of hydrogen-bond donors (Lipinski definition) is 2. The number of nitrogens with one attached hydrogen (secondary N) is 1. The molecule has 46 heavy (non-hydrogen) atoms. The third-order valence-electron chi connectivity index (χ3n) is 9.10. The quantitative estimate of drug-likeness (QED) is 0.251. The number of carbonyl (C=O) groups is 1. The van der Waals surface area contributed by atoms with Crippen LogP contribution in [0.3, 0.4) is 0 Å². The van der Waals surface area contributed by atoms with Crippen LogP contribution in [0.4, 0.5) is 13.2 Å². The summed E-state index contributed by atoms with van der Waals surface area (Å²) in [7, 11) is 0. The zero-order chi connectivity index (χ0) is 32.4. The molecule has 0 radical (unpaired) electrons. The average molecular weight is 637 g/mol. The first-order valence-corrected chi connectivity index (χ1v) is 15.8. The second-order valence-electron chi connectivity index (χ2n) is 12.1. The summed E-state index contributed by atoms with van der Waals surface area (Å²) < 4.78 is 48.8. The van der Waals surface area contributed by atoms with Crippen LogP contribution in [0.5, 0.6) is 11.5 Å². The van der Waals surface area contributed by atoms with Crippen molar-refractivity contribution >= 4 is 16.9 Å². The molecule has 0 aliphatic carbocycles. The molecule has 0 unspecified atom stereocenters. The maximum Gasteiger partial charge on any atom is 0.416 e. The number of carbonyl (C=O) groups excluding carboxylic acids is 1. The lowest BCUT2D eigenvalue weighted by atomic mass is 9.92. The number of pyridine rings is 2. The molecule has 12 heteroatoms. The smallest absolute Gasteiger partial charge is 0.416 e. The average Bonchev–Trinajstić information content (AvgIpc) is 3.49. The van der Waals surface area contributed by atoms with Crippen molar-refractivity contribution in [2.45, 2.75) is 58.5 Å². The Bertz CT molecular complexity index is 1700. The highest BCUT2D eigenvalue weighted by atomic mass is 19.4. The second-order valence-corrected chi connectivity index (χ2v) is 12.1. The van der Waals surface area contributed by atoms with Gasteiger partial charge in [-0.3, -0.25) is 14.7 Å². The molecule has 1 fully saturated rings. The van der Waals surface area contributed by atoms with Crippen LogP contribution in [-0.4, -0.2) is 79.9 Å². The number of amides is 1. The van der Waals surface area contributed by atoms with Crippen molar-refractivity contribution in [2.24, 2.45) is 0 Å². The molecule has 1 atom stereocenters. The van der Waals surface area contributed by atoms with E-state index in [1.54, 1.807) is 35.5 Å². The molecule has 1 amide bonds. The number of aromatic nitrogens is 3. The van der Waals surface area contributed by atoms with Crippen molar-refractivity contribution in [1.82, 2.24) is 29.7 Å². The fourth-order valence-corrected chi connectivity index (χ4v) is 6.47. The van der Waals surface area contributed by atoms with E-state index >= 15 is 0 Å². The van der Waals surface area contributed by atoms with E-state index in [2.05, 4.69) is 26.7 Å². The summed E-state index contributed by atoms with van der Waals surface area (Å²) in [6.45, 7) is 9.01. The Morgan fingerprint density at radius 2 is 1.85 bits per heavy atom. The third-order valence-corrected chi connectivity index (χ3v) is 9.10. The Morgan fingerprint density at radius 1 is 1.07 bits per heavy atom. The highest BCUT2D eigenvalue weighted by Crippen LogP contribution is 2.36. The monoisotopic (exact) mass is 636 g/mol. The largest absolute Gasteiger partial charge is 0.455 e. The Balaban J connectivity index is 1.18. The van der Waals surface area contributed by atoms with Gasteiger partial charge in [0.2, 0.25) is 5.91 Å². The molecule has 2 N–H and O–H groups in total. The van der Waals surface area contributed by atoms with Gasteiger partial charge in [0.15, 0.2) is 0 Å². The van der Waals surface area contributed by atoms with E-state index in [1.165, 1.54) is 6.07 Å². The lowest BCUT2D eigenvalue weighted by molar-refractivity contribution is -0.139. The zero-order valence-corrected chi connectivity index (χ0v) is 26.1. The number of likely N-dealkylation sites (N-methyl/N-ethyl adjacent to an activating group) is 1. The van der Waals surface area contributed by atoms with Gasteiger partial charge in [-0.25, -0.2) is 4.98 Å². The number of halogens is 3. The van der Waals surface area contributed by atoms with E-state index in [-0.39, 0.29) is 43.5 Å². The predicted molar refractivity (Wildman–Crippen MR) is 167 cm³/mol. The van der Waals surface area contributed by atoms with Gasteiger partial charge in [-0.2, -0.15) is 13.2 Å². The molecular formula is C34H39F3N6O3. The molecule has 1 saturated heterocycles. The van der Waals surface area contributed by atoms with Crippen LogP contribution in [0.1, 0.15) is 59.8 Å². The molecule has 244 valence electrons. The molecule has 2 aliphatic heterocycles. The molecule has 2 aliphatic rings. The van der Waals surface area contributed by atoms with Gasteiger partial charge in [-0.05, 0) is 53.9 Å². The van der Waals surface area contributed by atoms with Crippen molar-refractivity contribution in [3.8, 4) is 11.5 Å². The number of alkyl halides is 3. The summed E-state index contributed by atoms with van der Waals surface area (Å²) in [5, 5.41) is 10.2. The van der Waals surface area contributed by atoms with Crippen molar-refractivity contribution < 1.29 is 27.8 Å². The molecule has 0 saturated carbocycles. The standard InChI is InChI=1S/C34H39F3N6O3/c1-3-23-19-43(20-25-15-27(17-39-32(23)25)46-30-7-8-38-33-28(30)16-26(21-44)40-33)31(45)14-22-5-6-24(29(13-22)34(35,36)37)18-42-11-9-41(4-2)10-12-42/h5-8,13,15-17,23,44H,3-4,9-12,14,18-21H2,1-2H3,(H,38,40)/t23-/m1/s1. The lowest BCUT2D eigenvalue weighted by Gasteiger charge is -2.34. The summed E-state index contributed by atoms with van der Waals surface area (Å²) in [5.74, 6) is 0.799. The van der Waals surface area contributed by atoms with E-state index in [0.717, 1.165) is 61.9 Å².